The van der Waals surface area contributed by atoms with Crippen LogP contribution in [0.4, 0.5) is 5.69 Å². The van der Waals surface area contributed by atoms with Gasteiger partial charge in [-0.2, -0.15) is 0 Å². The summed E-state index contributed by atoms with van der Waals surface area (Å²) in [7, 11) is 0. The van der Waals surface area contributed by atoms with E-state index in [0.717, 1.165) is 11.3 Å². The van der Waals surface area contributed by atoms with Crippen molar-refractivity contribution < 1.29 is 14.3 Å². The van der Waals surface area contributed by atoms with Gasteiger partial charge < -0.3 is 20.1 Å². The summed E-state index contributed by atoms with van der Waals surface area (Å²) in [5.41, 5.74) is 7.83. The van der Waals surface area contributed by atoms with Crippen LogP contribution >= 0.6 is 0 Å². The molecule has 22 heavy (non-hydrogen) atoms. The van der Waals surface area contributed by atoms with Crippen molar-refractivity contribution in [2.45, 2.75) is 12.1 Å². The Kier molecular flexibility index (Phi) is 3.01. The topological polar surface area (TPSA) is 64.8 Å². The maximum atomic E-state index is 12.2. The molecule has 5 heteroatoms. The second-order valence-corrected chi connectivity index (χ2v) is 5.42. The molecule has 0 bridgehead atoms. The van der Waals surface area contributed by atoms with Crippen molar-refractivity contribution in [3.8, 4) is 11.5 Å². The van der Waals surface area contributed by atoms with Crippen LogP contribution in [0.3, 0.4) is 0 Å². The lowest BCUT2D eigenvalue weighted by atomic mass is 9.88. The molecular weight excluding hydrogens is 280 g/mol. The van der Waals surface area contributed by atoms with E-state index in [-0.39, 0.29) is 11.9 Å². The van der Waals surface area contributed by atoms with Gasteiger partial charge in [0.1, 0.15) is 19.3 Å². The molecule has 1 saturated heterocycles. The number of carbonyl (C=O) groups excluding carboxylic acids is 1. The Balaban J connectivity index is 1.70. The van der Waals surface area contributed by atoms with Crippen LogP contribution in [0.1, 0.15) is 11.6 Å². The van der Waals surface area contributed by atoms with E-state index in [2.05, 4.69) is 0 Å². The minimum atomic E-state index is -0.504. The van der Waals surface area contributed by atoms with Gasteiger partial charge in [-0.15, -0.1) is 0 Å². The lowest BCUT2D eigenvalue weighted by molar-refractivity contribution is -0.126. The molecule has 2 atom stereocenters. The molecule has 5 nitrogen and oxygen atoms in total. The van der Waals surface area contributed by atoms with Crippen LogP contribution in [0.5, 0.6) is 11.5 Å². The molecule has 2 heterocycles. The van der Waals surface area contributed by atoms with E-state index >= 15 is 0 Å². The average Bonchev–Trinajstić information content (AvgIpc) is 2.59. The highest BCUT2D eigenvalue weighted by Crippen LogP contribution is 2.41. The van der Waals surface area contributed by atoms with Crippen LogP contribution in [-0.4, -0.2) is 25.2 Å². The molecule has 0 spiro atoms. The van der Waals surface area contributed by atoms with Gasteiger partial charge in [0.15, 0.2) is 11.5 Å². The number of fused-ring (bicyclic) bond motifs is 1. The van der Waals surface area contributed by atoms with Gasteiger partial charge in [0.25, 0.3) is 0 Å². The Morgan fingerprint density at radius 3 is 2.50 bits per heavy atom. The maximum Gasteiger partial charge on any atom is 0.247 e. The van der Waals surface area contributed by atoms with Gasteiger partial charge in [0.2, 0.25) is 5.91 Å². The standard InChI is InChI=1S/C17H16N2O3/c18-15-16(11-4-2-1-3-5-11)19(17(15)20)12-6-7-13-14(10-12)22-9-8-21-13/h1-7,10,15-16H,8-9,18H2. The fourth-order valence-corrected chi connectivity index (χ4v) is 2.99. The number of benzene rings is 2. The molecule has 1 amide bonds. The average molecular weight is 296 g/mol. The SMILES string of the molecule is NC1C(=O)N(c2ccc3c(c2)OCCO3)C1c1ccccc1. The Labute approximate surface area is 128 Å². The van der Waals surface area contributed by atoms with E-state index < -0.39 is 6.04 Å². The van der Waals surface area contributed by atoms with E-state index in [1.54, 1.807) is 4.90 Å². The first-order chi connectivity index (χ1) is 10.8. The Bertz CT molecular complexity index is 717. The molecule has 2 unspecified atom stereocenters. The molecule has 2 aliphatic rings. The van der Waals surface area contributed by atoms with Crippen LogP contribution in [0.25, 0.3) is 0 Å². The largest absolute Gasteiger partial charge is 0.486 e. The van der Waals surface area contributed by atoms with Gasteiger partial charge in [0.05, 0.1) is 6.04 Å². The zero-order chi connectivity index (χ0) is 15.1. The third-order valence-electron chi connectivity index (χ3n) is 4.09. The van der Waals surface area contributed by atoms with Crippen LogP contribution in [-0.2, 0) is 4.79 Å². The van der Waals surface area contributed by atoms with E-state index in [4.69, 9.17) is 15.2 Å². The number of hydrogen-bond acceptors (Lipinski definition) is 4. The van der Waals surface area contributed by atoms with Gasteiger partial charge >= 0.3 is 0 Å². The number of ether oxygens (including phenoxy) is 2. The van der Waals surface area contributed by atoms with Crippen LogP contribution in [0.15, 0.2) is 48.5 Å². The molecule has 4 rings (SSSR count). The molecule has 2 aromatic carbocycles. The summed E-state index contributed by atoms with van der Waals surface area (Å²) in [5.74, 6) is 1.30. The first kappa shape index (κ1) is 13.2. The Morgan fingerprint density at radius 2 is 1.73 bits per heavy atom. The molecule has 2 aromatic rings. The monoisotopic (exact) mass is 296 g/mol. The first-order valence-electron chi connectivity index (χ1n) is 7.29. The summed E-state index contributed by atoms with van der Waals surface area (Å²) in [6, 6.07) is 14.7. The van der Waals surface area contributed by atoms with E-state index in [1.807, 2.05) is 48.5 Å². The smallest absolute Gasteiger partial charge is 0.247 e. The van der Waals surface area contributed by atoms with Gasteiger partial charge in [-0.3, -0.25) is 4.79 Å². The summed E-state index contributed by atoms with van der Waals surface area (Å²) in [6.07, 6.45) is 0. The zero-order valence-electron chi connectivity index (χ0n) is 11.9. The van der Waals surface area contributed by atoms with Crippen LogP contribution < -0.4 is 20.1 Å². The maximum absolute atomic E-state index is 12.2. The van der Waals surface area contributed by atoms with E-state index in [1.165, 1.54) is 0 Å². The van der Waals surface area contributed by atoms with Crippen molar-refractivity contribution in [2.24, 2.45) is 5.73 Å². The summed E-state index contributed by atoms with van der Waals surface area (Å²) < 4.78 is 11.1. The predicted molar refractivity (Wildman–Crippen MR) is 82.1 cm³/mol. The number of nitrogens with zero attached hydrogens (tertiary/aromatic N) is 1. The summed E-state index contributed by atoms with van der Waals surface area (Å²) >= 11 is 0. The molecule has 1 fully saturated rings. The van der Waals surface area contributed by atoms with Crippen molar-refractivity contribution in [1.82, 2.24) is 0 Å². The van der Waals surface area contributed by atoms with Gasteiger partial charge in [0, 0.05) is 11.8 Å². The molecule has 0 aromatic heterocycles. The minimum absolute atomic E-state index is 0.0782. The Hall–Kier alpha value is -2.53. The Morgan fingerprint density at radius 1 is 1.00 bits per heavy atom. The van der Waals surface area contributed by atoms with Crippen molar-refractivity contribution in [2.75, 3.05) is 18.1 Å². The highest BCUT2D eigenvalue weighted by Gasteiger charge is 2.46. The molecule has 0 radical (unpaired) electrons. The van der Waals surface area contributed by atoms with Gasteiger partial charge in [-0.1, -0.05) is 30.3 Å². The third kappa shape index (κ3) is 1.94. The van der Waals surface area contributed by atoms with Crippen LogP contribution in [0, 0.1) is 0 Å². The van der Waals surface area contributed by atoms with Crippen molar-refractivity contribution in [1.29, 1.82) is 0 Å². The van der Waals surface area contributed by atoms with Crippen molar-refractivity contribution >= 4 is 11.6 Å². The first-order valence-corrected chi connectivity index (χ1v) is 7.29. The number of β-lactam (4-membered cyclic amide) rings is 1. The number of carbonyl (C=O) groups is 1. The highest BCUT2D eigenvalue weighted by atomic mass is 16.6. The number of anilines is 1. The van der Waals surface area contributed by atoms with E-state index in [0.29, 0.717) is 24.7 Å². The van der Waals surface area contributed by atoms with E-state index in [9.17, 15) is 4.79 Å². The molecule has 0 aliphatic carbocycles. The molecule has 2 N–H and O–H groups in total. The number of hydrogen-bond donors (Lipinski definition) is 1. The highest BCUT2D eigenvalue weighted by molar-refractivity contribution is 6.05. The summed E-state index contributed by atoms with van der Waals surface area (Å²) in [5, 5.41) is 0. The normalized spacial score (nSPS) is 23.1. The molecule has 2 aliphatic heterocycles. The summed E-state index contributed by atoms with van der Waals surface area (Å²) in [4.78, 5) is 14.0. The second kappa shape index (κ2) is 5.03. The van der Waals surface area contributed by atoms with Crippen molar-refractivity contribution in [3.05, 3.63) is 54.1 Å². The van der Waals surface area contributed by atoms with Gasteiger partial charge in [-0.25, -0.2) is 0 Å². The third-order valence-corrected chi connectivity index (χ3v) is 4.09. The second-order valence-electron chi connectivity index (χ2n) is 5.42. The fourth-order valence-electron chi connectivity index (χ4n) is 2.99. The van der Waals surface area contributed by atoms with Crippen molar-refractivity contribution in [3.63, 3.8) is 0 Å². The molecular formula is C17H16N2O3. The quantitative estimate of drug-likeness (QED) is 0.859. The summed E-state index contributed by atoms with van der Waals surface area (Å²) in [6.45, 7) is 1.07. The minimum Gasteiger partial charge on any atom is -0.486 e. The molecule has 0 saturated carbocycles. The lowest BCUT2D eigenvalue weighted by Gasteiger charge is -2.45. The van der Waals surface area contributed by atoms with Gasteiger partial charge in [-0.05, 0) is 17.7 Å². The zero-order valence-corrected chi connectivity index (χ0v) is 11.9. The van der Waals surface area contributed by atoms with Crippen LogP contribution in [0.2, 0.25) is 0 Å². The number of amides is 1. The number of rotatable bonds is 2. The molecule has 112 valence electrons. The number of nitrogens with two attached hydrogens (primary N) is 1. The lowest BCUT2D eigenvalue weighted by Crippen LogP contribution is -2.63. The predicted octanol–water partition coefficient (Wildman–Crippen LogP) is 1.87. The fraction of sp³-hybridized carbons (Fsp3) is 0.235.